The summed E-state index contributed by atoms with van der Waals surface area (Å²) >= 11 is 0. The number of rotatable bonds is 15. The molecule has 0 aliphatic heterocycles. The van der Waals surface area contributed by atoms with Crippen molar-refractivity contribution in [1.82, 2.24) is 35.1 Å². The van der Waals surface area contributed by atoms with Crippen LogP contribution in [0.15, 0.2) is 72.8 Å². The van der Waals surface area contributed by atoms with Crippen LogP contribution in [0, 0.1) is 0 Å². The standard InChI is InChI=1S/C34H32F5N7O8/c1-3-6-27-40-29(33(35,36)34(37,38)39)28(31(47)48)44(27)17-21-13-15-24(16-14-21)25-7-4-5-8-26(25)30-41-43-45(42-30)20(2)54-32(49)52-18-22-9-11-23(12-10-22)19-53-46(50)51/h4-5,7-16,20,50-51H,3,6,17-19H2,1-2H3,(H,47,48). The van der Waals surface area contributed by atoms with E-state index in [1.165, 1.54) is 6.92 Å². The molecule has 3 aromatic carbocycles. The second-order valence-corrected chi connectivity index (χ2v) is 11.7. The van der Waals surface area contributed by atoms with Crippen LogP contribution in [0.25, 0.3) is 22.5 Å². The SMILES string of the molecule is CCCc1nc(C(F)(F)C(F)(F)F)c(C(=O)O)n1Cc1ccc(-c2ccccc2-c2nnn(C(C)OC(=O)OCc3ccc(CON(O)O)cc3)n2)cc1. The number of aryl methyl sites for hydroxylation is 1. The van der Waals surface area contributed by atoms with Crippen molar-refractivity contribution in [3.63, 3.8) is 0 Å². The fourth-order valence-electron chi connectivity index (χ4n) is 5.27. The first-order valence-corrected chi connectivity index (χ1v) is 16.1. The van der Waals surface area contributed by atoms with Gasteiger partial charge in [0, 0.05) is 18.5 Å². The zero-order chi connectivity index (χ0) is 39.2. The molecule has 0 aliphatic rings. The summed E-state index contributed by atoms with van der Waals surface area (Å²) in [7, 11) is 0. The lowest BCUT2D eigenvalue weighted by molar-refractivity contribution is -0.497. The molecule has 0 saturated carbocycles. The number of halogens is 5. The molecule has 20 heteroatoms. The van der Waals surface area contributed by atoms with Crippen LogP contribution in [-0.2, 0) is 46.4 Å². The van der Waals surface area contributed by atoms with Crippen molar-refractivity contribution in [1.29, 1.82) is 0 Å². The molecule has 5 aromatic rings. The molecule has 1 unspecified atom stereocenters. The Kier molecular flexibility index (Phi) is 12.0. The largest absolute Gasteiger partial charge is 0.510 e. The number of hydrogen-bond acceptors (Lipinski definition) is 12. The highest BCUT2D eigenvalue weighted by atomic mass is 19.4. The van der Waals surface area contributed by atoms with Crippen LogP contribution in [0.4, 0.5) is 26.7 Å². The van der Waals surface area contributed by atoms with Crippen LogP contribution < -0.4 is 0 Å². The smallest absolute Gasteiger partial charge is 0.477 e. The Bertz CT molecular complexity index is 2070. The maximum absolute atomic E-state index is 14.4. The normalized spacial score (nSPS) is 12.6. The van der Waals surface area contributed by atoms with Crippen LogP contribution in [0.1, 0.15) is 65.2 Å². The number of aromatic nitrogens is 6. The quantitative estimate of drug-likeness (QED) is 0.0566. The summed E-state index contributed by atoms with van der Waals surface area (Å²) < 4.78 is 79.8. The van der Waals surface area contributed by atoms with Gasteiger partial charge in [-0.2, -0.15) is 22.0 Å². The molecule has 15 nitrogen and oxygen atoms in total. The molecule has 0 spiro atoms. The molecule has 0 saturated heterocycles. The van der Waals surface area contributed by atoms with Gasteiger partial charge in [-0.3, -0.25) is 10.4 Å². The van der Waals surface area contributed by atoms with Gasteiger partial charge in [-0.1, -0.05) is 79.7 Å². The number of carbonyl (C=O) groups excluding carboxylic acids is 1. The van der Waals surface area contributed by atoms with E-state index in [9.17, 15) is 36.6 Å². The van der Waals surface area contributed by atoms with Crippen molar-refractivity contribution >= 4 is 12.1 Å². The highest BCUT2D eigenvalue weighted by Crippen LogP contribution is 2.45. The summed E-state index contributed by atoms with van der Waals surface area (Å²) in [5.41, 5.74) is 0.332. The third kappa shape index (κ3) is 9.02. The molecule has 0 fully saturated rings. The molecule has 1 atom stereocenters. The zero-order valence-electron chi connectivity index (χ0n) is 28.4. The minimum atomic E-state index is -6.05. The van der Waals surface area contributed by atoms with Gasteiger partial charge in [-0.05, 0) is 46.4 Å². The topological polar surface area (TPSA) is 187 Å². The monoisotopic (exact) mass is 761 g/mol. The Morgan fingerprint density at radius 3 is 2.09 bits per heavy atom. The molecule has 0 bridgehead atoms. The second-order valence-electron chi connectivity index (χ2n) is 11.7. The predicted molar refractivity (Wildman–Crippen MR) is 174 cm³/mol. The summed E-state index contributed by atoms with van der Waals surface area (Å²) in [4.78, 5) is 33.5. The lowest BCUT2D eigenvalue weighted by Crippen LogP contribution is -2.35. The number of ether oxygens (including phenoxy) is 2. The van der Waals surface area contributed by atoms with Gasteiger partial charge in [0.2, 0.25) is 12.1 Å². The van der Waals surface area contributed by atoms with Gasteiger partial charge >= 0.3 is 24.2 Å². The highest BCUT2D eigenvalue weighted by molar-refractivity contribution is 5.87. The number of tetrazole rings is 1. The number of alkyl halides is 5. The minimum Gasteiger partial charge on any atom is -0.477 e. The van der Waals surface area contributed by atoms with Crippen molar-refractivity contribution in [2.24, 2.45) is 0 Å². The van der Waals surface area contributed by atoms with Crippen molar-refractivity contribution in [2.75, 3.05) is 0 Å². The van der Waals surface area contributed by atoms with Crippen LogP contribution in [0.3, 0.4) is 0 Å². The fourth-order valence-corrected chi connectivity index (χ4v) is 5.27. The average molecular weight is 762 g/mol. The van der Waals surface area contributed by atoms with E-state index in [1.54, 1.807) is 79.7 Å². The van der Waals surface area contributed by atoms with E-state index in [0.717, 1.165) is 9.36 Å². The number of benzene rings is 3. The molecule has 0 amide bonds. The molecule has 286 valence electrons. The first kappa shape index (κ1) is 39.4. The molecule has 54 heavy (non-hydrogen) atoms. The first-order chi connectivity index (χ1) is 25.6. The number of carboxylic acid groups (broad SMARTS) is 1. The van der Waals surface area contributed by atoms with Gasteiger partial charge in [0.1, 0.15) is 12.4 Å². The Morgan fingerprint density at radius 2 is 1.50 bits per heavy atom. The van der Waals surface area contributed by atoms with Gasteiger partial charge in [0.15, 0.2) is 11.4 Å². The molecule has 3 N–H and O–H groups in total. The molecule has 0 aliphatic carbocycles. The van der Waals surface area contributed by atoms with Crippen molar-refractivity contribution < 1.29 is 61.4 Å². The predicted octanol–water partition coefficient (Wildman–Crippen LogP) is 6.94. The Hall–Kier alpha value is -5.83. The van der Waals surface area contributed by atoms with E-state index in [2.05, 4.69) is 25.2 Å². The van der Waals surface area contributed by atoms with E-state index >= 15 is 0 Å². The number of hydrogen-bond donors (Lipinski definition) is 3. The summed E-state index contributed by atoms with van der Waals surface area (Å²) in [6, 6.07) is 20.0. The van der Waals surface area contributed by atoms with Gasteiger partial charge < -0.3 is 19.1 Å². The van der Waals surface area contributed by atoms with Gasteiger partial charge in [-0.25, -0.2) is 19.4 Å². The van der Waals surface area contributed by atoms with Crippen molar-refractivity contribution in [2.45, 2.75) is 64.8 Å². The van der Waals surface area contributed by atoms with Gasteiger partial charge in [-0.15, -0.1) is 15.0 Å². The summed E-state index contributed by atoms with van der Waals surface area (Å²) in [6.45, 7) is 2.58. The average Bonchev–Trinajstić information content (AvgIpc) is 3.77. The number of nitrogens with zero attached hydrogens (tertiary/aromatic N) is 7. The fraction of sp³-hybridized carbons (Fsp3) is 0.294. The third-order valence-electron chi connectivity index (χ3n) is 7.90. The molecular weight excluding hydrogens is 729 g/mol. The maximum Gasteiger partial charge on any atom is 0.510 e. The van der Waals surface area contributed by atoms with Gasteiger partial charge in [0.05, 0.1) is 12.0 Å². The van der Waals surface area contributed by atoms with Crippen LogP contribution in [0.2, 0.25) is 0 Å². The number of aromatic carboxylic acids is 1. The van der Waals surface area contributed by atoms with E-state index < -0.39 is 47.2 Å². The number of imidazole rings is 1. The van der Waals surface area contributed by atoms with Gasteiger partial charge in [0.25, 0.3) is 0 Å². The maximum atomic E-state index is 14.4. The Labute approximate surface area is 302 Å². The lowest BCUT2D eigenvalue weighted by atomic mass is 9.98. The van der Waals surface area contributed by atoms with Crippen LogP contribution >= 0.6 is 0 Å². The van der Waals surface area contributed by atoms with Crippen LogP contribution in [-0.4, -0.2) is 69.0 Å². The van der Waals surface area contributed by atoms with Crippen molar-refractivity contribution in [3.05, 3.63) is 107 Å². The Balaban J connectivity index is 1.28. The third-order valence-corrected chi connectivity index (χ3v) is 7.90. The van der Waals surface area contributed by atoms with E-state index in [0.29, 0.717) is 39.8 Å². The molecule has 2 heterocycles. The zero-order valence-corrected chi connectivity index (χ0v) is 28.4. The first-order valence-electron chi connectivity index (χ1n) is 16.1. The minimum absolute atomic E-state index is 0.0388. The van der Waals surface area contributed by atoms with Crippen molar-refractivity contribution in [3.8, 4) is 22.5 Å². The molecule has 5 rings (SSSR count). The highest BCUT2D eigenvalue weighted by Gasteiger charge is 2.62. The second kappa shape index (κ2) is 16.5. The molecule has 0 radical (unpaired) electrons. The summed E-state index contributed by atoms with van der Waals surface area (Å²) in [5, 5.41) is 39.0. The summed E-state index contributed by atoms with van der Waals surface area (Å²) in [6.07, 6.45) is -7.82. The molecular formula is C34H32F5N7O8. The lowest BCUT2D eigenvalue weighted by Gasteiger charge is -2.18. The summed E-state index contributed by atoms with van der Waals surface area (Å²) in [5.74, 6) is -7.51. The number of carboxylic acids is 1. The molecule has 2 aromatic heterocycles. The van der Waals surface area contributed by atoms with E-state index in [-0.39, 0.29) is 37.8 Å². The van der Waals surface area contributed by atoms with E-state index in [1.807, 2.05) is 0 Å². The Morgan fingerprint density at radius 1 is 0.889 bits per heavy atom. The number of carbonyl (C=O) groups is 2. The van der Waals surface area contributed by atoms with Crippen LogP contribution in [0.5, 0.6) is 0 Å². The van der Waals surface area contributed by atoms with E-state index in [4.69, 9.17) is 19.9 Å².